The second kappa shape index (κ2) is 8.46. The second-order valence-corrected chi connectivity index (χ2v) is 5.38. The Morgan fingerprint density at radius 2 is 2.23 bits per heavy atom. The molecule has 1 amide bonds. The van der Waals surface area contributed by atoms with E-state index in [2.05, 4.69) is 5.32 Å². The Kier molecular flexibility index (Phi) is 7.26. The van der Waals surface area contributed by atoms with Crippen LogP contribution < -0.4 is 14.8 Å². The van der Waals surface area contributed by atoms with Gasteiger partial charge in [-0.05, 0) is 26.0 Å². The van der Waals surface area contributed by atoms with Crippen molar-refractivity contribution >= 4 is 29.9 Å². The molecule has 5 nitrogen and oxygen atoms in total. The largest absolute Gasteiger partial charge is 0.493 e. The van der Waals surface area contributed by atoms with E-state index in [-0.39, 0.29) is 24.4 Å². The average molecular weight is 349 g/mol. The minimum absolute atomic E-state index is 0. The molecule has 0 aliphatic carbocycles. The van der Waals surface area contributed by atoms with E-state index in [0.717, 1.165) is 13.1 Å². The highest BCUT2D eigenvalue weighted by molar-refractivity contribution is 6.32. The fraction of sp³-hybridized carbons (Fsp3) is 0.533. The molecule has 0 unspecified atom stereocenters. The molecule has 2 rings (SSSR count). The molecule has 1 aliphatic heterocycles. The smallest absolute Gasteiger partial charge is 0.254 e. The van der Waals surface area contributed by atoms with Crippen LogP contribution in [0.25, 0.3) is 0 Å². The molecule has 0 saturated carbocycles. The van der Waals surface area contributed by atoms with Gasteiger partial charge < -0.3 is 19.7 Å². The van der Waals surface area contributed by atoms with Gasteiger partial charge in [0.25, 0.3) is 5.91 Å². The molecule has 124 valence electrons. The van der Waals surface area contributed by atoms with Crippen molar-refractivity contribution in [3.63, 3.8) is 0 Å². The van der Waals surface area contributed by atoms with Crippen LogP contribution in [0.2, 0.25) is 5.02 Å². The molecule has 22 heavy (non-hydrogen) atoms. The lowest BCUT2D eigenvalue weighted by molar-refractivity contribution is 0.0655. The maximum atomic E-state index is 12.6. The summed E-state index contributed by atoms with van der Waals surface area (Å²) in [5.74, 6) is 0.925. The maximum Gasteiger partial charge on any atom is 0.254 e. The highest BCUT2D eigenvalue weighted by Crippen LogP contribution is 2.36. The molecule has 1 aromatic rings. The number of hydrogen-bond donors (Lipinski definition) is 1. The fourth-order valence-corrected chi connectivity index (χ4v) is 2.70. The van der Waals surface area contributed by atoms with Gasteiger partial charge in [0.1, 0.15) is 0 Å². The number of nitrogens with one attached hydrogen (secondary N) is 1. The van der Waals surface area contributed by atoms with Crippen molar-refractivity contribution in [2.75, 3.05) is 33.4 Å². The Bertz CT molecular complexity index is 526. The summed E-state index contributed by atoms with van der Waals surface area (Å²) in [6, 6.07) is 3.49. The van der Waals surface area contributed by atoms with Crippen LogP contribution in [0.4, 0.5) is 0 Å². The summed E-state index contributed by atoms with van der Waals surface area (Å²) in [7, 11) is 1.54. The normalized spacial score (nSPS) is 17.6. The van der Waals surface area contributed by atoms with Crippen molar-refractivity contribution in [2.24, 2.45) is 0 Å². The zero-order valence-corrected chi connectivity index (χ0v) is 14.6. The number of piperazine rings is 1. The maximum absolute atomic E-state index is 12.6. The standard InChI is InChI=1S/C15H21ClN2O3.ClH/c1-4-21-14-12(16)7-11(8-13(14)20-3)15(19)18-6-5-17-9-10(18)2;/h7-8,10,17H,4-6,9H2,1-3H3;1H/t10-;/m1./s1. The third kappa shape index (κ3) is 3.97. The third-order valence-corrected chi connectivity index (χ3v) is 3.81. The summed E-state index contributed by atoms with van der Waals surface area (Å²) in [5, 5.41) is 3.66. The van der Waals surface area contributed by atoms with Crippen molar-refractivity contribution in [2.45, 2.75) is 19.9 Å². The van der Waals surface area contributed by atoms with Gasteiger partial charge in [-0.1, -0.05) is 11.6 Å². The second-order valence-electron chi connectivity index (χ2n) is 4.97. The van der Waals surface area contributed by atoms with E-state index >= 15 is 0 Å². The summed E-state index contributed by atoms with van der Waals surface area (Å²) in [5.41, 5.74) is 0.522. The molecule has 0 bridgehead atoms. The van der Waals surface area contributed by atoms with Crippen molar-refractivity contribution in [1.29, 1.82) is 0 Å². The number of rotatable bonds is 4. The lowest BCUT2D eigenvalue weighted by atomic mass is 10.1. The molecule has 1 fully saturated rings. The Balaban J connectivity index is 0.00000242. The Hall–Kier alpha value is -1.17. The van der Waals surface area contributed by atoms with Gasteiger partial charge in [0.15, 0.2) is 11.5 Å². The summed E-state index contributed by atoms with van der Waals surface area (Å²) >= 11 is 6.22. The van der Waals surface area contributed by atoms with Gasteiger partial charge in [0, 0.05) is 31.2 Å². The average Bonchev–Trinajstić information content (AvgIpc) is 2.49. The molecule has 1 aliphatic rings. The minimum Gasteiger partial charge on any atom is -0.493 e. The van der Waals surface area contributed by atoms with Gasteiger partial charge in [-0.2, -0.15) is 0 Å². The van der Waals surface area contributed by atoms with Gasteiger partial charge in [-0.15, -0.1) is 12.4 Å². The van der Waals surface area contributed by atoms with Crippen LogP contribution >= 0.6 is 24.0 Å². The van der Waals surface area contributed by atoms with E-state index < -0.39 is 0 Å². The Morgan fingerprint density at radius 1 is 1.50 bits per heavy atom. The number of ether oxygens (including phenoxy) is 2. The van der Waals surface area contributed by atoms with E-state index in [1.807, 2.05) is 18.7 Å². The summed E-state index contributed by atoms with van der Waals surface area (Å²) in [6.45, 7) is 6.67. The first kappa shape index (κ1) is 18.9. The van der Waals surface area contributed by atoms with Crippen molar-refractivity contribution in [1.82, 2.24) is 10.2 Å². The lowest BCUT2D eigenvalue weighted by Gasteiger charge is -2.34. The Labute approximate surface area is 142 Å². The van der Waals surface area contributed by atoms with Gasteiger partial charge in [0.05, 0.1) is 18.7 Å². The van der Waals surface area contributed by atoms with Crippen LogP contribution in [0.15, 0.2) is 12.1 Å². The topological polar surface area (TPSA) is 50.8 Å². The zero-order valence-electron chi connectivity index (χ0n) is 13.0. The number of nitrogens with zero attached hydrogens (tertiary/aromatic N) is 1. The molecular formula is C15H22Cl2N2O3. The molecule has 1 heterocycles. The molecule has 0 radical (unpaired) electrons. The predicted molar refractivity (Wildman–Crippen MR) is 89.8 cm³/mol. The lowest BCUT2D eigenvalue weighted by Crippen LogP contribution is -2.52. The number of carbonyl (C=O) groups excluding carboxylic acids is 1. The van der Waals surface area contributed by atoms with Crippen LogP contribution in [0, 0.1) is 0 Å². The van der Waals surface area contributed by atoms with Crippen LogP contribution in [-0.4, -0.2) is 50.2 Å². The number of amides is 1. The molecule has 1 atom stereocenters. The van der Waals surface area contributed by atoms with Crippen LogP contribution in [0.3, 0.4) is 0 Å². The summed E-state index contributed by atoms with van der Waals surface area (Å²) in [6.07, 6.45) is 0. The first-order valence-corrected chi connectivity index (χ1v) is 7.48. The van der Waals surface area contributed by atoms with Gasteiger partial charge >= 0.3 is 0 Å². The molecule has 0 aromatic heterocycles. The van der Waals surface area contributed by atoms with Crippen molar-refractivity contribution < 1.29 is 14.3 Å². The van der Waals surface area contributed by atoms with E-state index in [1.54, 1.807) is 12.1 Å². The monoisotopic (exact) mass is 348 g/mol. The molecule has 1 saturated heterocycles. The minimum atomic E-state index is -0.0350. The van der Waals surface area contributed by atoms with E-state index in [4.69, 9.17) is 21.1 Å². The SMILES string of the molecule is CCOc1c(Cl)cc(C(=O)N2CCNC[C@H]2C)cc1OC.Cl. The summed E-state index contributed by atoms with van der Waals surface area (Å²) in [4.78, 5) is 14.5. The van der Waals surface area contributed by atoms with Crippen molar-refractivity contribution in [3.8, 4) is 11.5 Å². The number of methoxy groups -OCH3 is 1. The molecular weight excluding hydrogens is 327 g/mol. The molecule has 7 heteroatoms. The zero-order chi connectivity index (χ0) is 15.4. The van der Waals surface area contributed by atoms with Gasteiger partial charge in [0.2, 0.25) is 0 Å². The Morgan fingerprint density at radius 3 is 2.82 bits per heavy atom. The number of hydrogen-bond acceptors (Lipinski definition) is 4. The van der Waals surface area contributed by atoms with Crippen LogP contribution in [-0.2, 0) is 0 Å². The first-order chi connectivity index (χ1) is 10.1. The highest BCUT2D eigenvalue weighted by atomic mass is 35.5. The molecule has 1 aromatic carbocycles. The van der Waals surface area contributed by atoms with Gasteiger partial charge in [-0.3, -0.25) is 4.79 Å². The van der Waals surface area contributed by atoms with Crippen LogP contribution in [0.1, 0.15) is 24.2 Å². The fourth-order valence-electron chi connectivity index (χ4n) is 2.44. The van der Waals surface area contributed by atoms with E-state index in [0.29, 0.717) is 35.2 Å². The van der Waals surface area contributed by atoms with Gasteiger partial charge in [-0.25, -0.2) is 0 Å². The number of halogens is 2. The molecule has 0 spiro atoms. The van der Waals surface area contributed by atoms with Crippen LogP contribution in [0.5, 0.6) is 11.5 Å². The quantitative estimate of drug-likeness (QED) is 0.908. The first-order valence-electron chi connectivity index (χ1n) is 7.10. The van der Waals surface area contributed by atoms with Crippen molar-refractivity contribution in [3.05, 3.63) is 22.7 Å². The predicted octanol–water partition coefficient (Wildman–Crippen LogP) is 2.60. The number of benzene rings is 1. The number of carbonyl (C=O) groups is 1. The highest BCUT2D eigenvalue weighted by Gasteiger charge is 2.25. The van der Waals surface area contributed by atoms with E-state index in [9.17, 15) is 4.79 Å². The van der Waals surface area contributed by atoms with E-state index in [1.165, 1.54) is 7.11 Å². The summed E-state index contributed by atoms with van der Waals surface area (Å²) < 4.78 is 10.8. The third-order valence-electron chi connectivity index (χ3n) is 3.53. The molecule has 1 N–H and O–H groups in total.